The van der Waals surface area contributed by atoms with E-state index in [0.29, 0.717) is 17.8 Å². The highest BCUT2D eigenvalue weighted by atomic mass is 19.2. The quantitative estimate of drug-likeness (QED) is 0.876. The standard InChI is InChI=1S/C13H13F2N3/c14-10-4-3-8(6-11(10)15)12(16)7-9-2-1-5-18-13(9)17/h1-6,12H,7,16H2,(H2,17,18). The lowest BCUT2D eigenvalue weighted by Gasteiger charge is -2.13. The maximum Gasteiger partial charge on any atom is 0.159 e. The molecule has 3 nitrogen and oxygen atoms in total. The van der Waals surface area contributed by atoms with Crippen LogP contribution in [0, 0.1) is 11.6 Å². The van der Waals surface area contributed by atoms with Gasteiger partial charge in [0.05, 0.1) is 0 Å². The van der Waals surface area contributed by atoms with Gasteiger partial charge in [-0.05, 0) is 35.7 Å². The van der Waals surface area contributed by atoms with Crippen LogP contribution in [0.5, 0.6) is 0 Å². The first-order chi connectivity index (χ1) is 8.58. The van der Waals surface area contributed by atoms with E-state index >= 15 is 0 Å². The molecule has 2 rings (SSSR count). The third-order valence-corrected chi connectivity index (χ3v) is 2.74. The van der Waals surface area contributed by atoms with E-state index in [1.54, 1.807) is 12.3 Å². The summed E-state index contributed by atoms with van der Waals surface area (Å²) in [6.45, 7) is 0. The SMILES string of the molecule is Nc1ncccc1CC(N)c1ccc(F)c(F)c1. The van der Waals surface area contributed by atoms with Gasteiger partial charge in [-0.25, -0.2) is 13.8 Å². The van der Waals surface area contributed by atoms with E-state index in [-0.39, 0.29) is 0 Å². The molecule has 18 heavy (non-hydrogen) atoms. The number of aromatic nitrogens is 1. The fourth-order valence-corrected chi connectivity index (χ4v) is 1.72. The first-order valence-electron chi connectivity index (χ1n) is 5.48. The number of benzene rings is 1. The van der Waals surface area contributed by atoms with Crippen molar-refractivity contribution in [3.05, 3.63) is 59.3 Å². The molecular weight excluding hydrogens is 236 g/mol. The number of nitrogens with two attached hydrogens (primary N) is 2. The second-order valence-electron chi connectivity index (χ2n) is 4.03. The molecular formula is C13H13F2N3. The predicted molar refractivity (Wildman–Crippen MR) is 65.6 cm³/mol. The highest BCUT2D eigenvalue weighted by Crippen LogP contribution is 2.20. The number of halogens is 2. The van der Waals surface area contributed by atoms with Crippen LogP contribution in [0.15, 0.2) is 36.5 Å². The lowest BCUT2D eigenvalue weighted by molar-refractivity contribution is 0.505. The van der Waals surface area contributed by atoms with Crippen molar-refractivity contribution < 1.29 is 8.78 Å². The van der Waals surface area contributed by atoms with Crippen LogP contribution >= 0.6 is 0 Å². The van der Waals surface area contributed by atoms with Crippen LogP contribution in [-0.2, 0) is 6.42 Å². The van der Waals surface area contributed by atoms with E-state index in [4.69, 9.17) is 11.5 Å². The van der Waals surface area contributed by atoms with Crippen LogP contribution in [0.4, 0.5) is 14.6 Å². The highest BCUT2D eigenvalue weighted by Gasteiger charge is 2.12. The average Bonchev–Trinajstić information content (AvgIpc) is 2.35. The summed E-state index contributed by atoms with van der Waals surface area (Å²) in [7, 11) is 0. The monoisotopic (exact) mass is 249 g/mol. The number of pyridine rings is 1. The molecule has 0 bridgehead atoms. The fourth-order valence-electron chi connectivity index (χ4n) is 1.72. The highest BCUT2D eigenvalue weighted by molar-refractivity contribution is 5.39. The molecule has 94 valence electrons. The summed E-state index contributed by atoms with van der Waals surface area (Å²) in [5, 5.41) is 0. The Kier molecular flexibility index (Phi) is 3.53. The van der Waals surface area contributed by atoms with Crippen molar-refractivity contribution in [2.24, 2.45) is 5.73 Å². The zero-order chi connectivity index (χ0) is 13.1. The van der Waals surface area contributed by atoms with Crippen molar-refractivity contribution in [3.8, 4) is 0 Å². The Morgan fingerprint density at radius 1 is 1.17 bits per heavy atom. The Morgan fingerprint density at radius 3 is 2.61 bits per heavy atom. The first-order valence-corrected chi connectivity index (χ1v) is 5.48. The summed E-state index contributed by atoms with van der Waals surface area (Å²) in [5.74, 6) is -1.38. The van der Waals surface area contributed by atoms with Crippen LogP contribution in [0.2, 0.25) is 0 Å². The Labute approximate surface area is 103 Å². The van der Waals surface area contributed by atoms with Crippen LogP contribution in [0.3, 0.4) is 0 Å². The average molecular weight is 249 g/mol. The summed E-state index contributed by atoms with van der Waals surface area (Å²) in [6, 6.07) is 6.75. The molecule has 0 aliphatic rings. The van der Waals surface area contributed by atoms with Gasteiger partial charge in [-0.1, -0.05) is 12.1 Å². The number of anilines is 1. The normalized spacial score (nSPS) is 12.4. The van der Waals surface area contributed by atoms with Crippen LogP contribution < -0.4 is 11.5 Å². The zero-order valence-corrected chi connectivity index (χ0v) is 9.61. The molecule has 0 aliphatic carbocycles. The maximum absolute atomic E-state index is 13.1. The van der Waals surface area contributed by atoms with Crippen molar-refractivity contribution in [1.29, 1.82) is 0 Å². The predicted octanol–water partition coefficient (Wildman–Crippen LogP) is 2.18. The Morgan fingerprint density at radius 2 is 1.94 bits per heavy atom. The summed E-state index contributed by atoms with van der Waals surface area (Å²) in [4.78, 5) is 3.95. The molecule has 0 fully saturated rings. The summed E-state index contributed by atoms with van der Waals surface area (Å²) < 4.78 is 25.9. The minimum Gasteiger partial charge on any atom is -0.383 e. The Bertz CT molecular complexity index is 558. The van der Waals surface area contributed by atoms with Gasteiger partial charge >= 0.3 is 0 Å². The topological polar surface area (TPSA) is 64.9 Å². The maximum atomic E-state index is 13.1. The molecule has 0 aliphatic heterocycles. The molecule has 4 N–H and O–H groups in total. The molecule has 0 saturated heterocycles. The van der Waals surface area contributed by atoms with Gasteiger partial charge in [-0.2, -0.15) is 0 Å². The molecule has 0 amide bonds. The molecule has 0 radical (unpaired) electrons. The lowest BCUT2D eigenvalue weighted by Crippen LogP contribution is -2.15. The van der Waals surface area contributed by atoms with Gasteiger partial charge in [-0.3, -0.25) is 0 Å². The van der Waals surface area contributed by atoms with E-state index in [9.17, 15) is 8.78 Å². The molecule has 1 unspecified atom stereocenters. The molecule has 1 atom stereocenters. The largest absolute Gasteiger partial charge is 0.383 e. The van der Waals surface area contributed by atoms with Gasteiger partial charge in [0.1, 0.15) is 5.82 Å². The summed E-state index contributed by atoms with van der Waals surface area (Å²) in [5.41, 5.74) is 13.0. The second kappa shape index (κ2) is 5.10. The van der Waals surface area contributed by atoms with Crippen molar-refractivity contribution in [1.82, 2.24) is 4.98 Å². The van der Waals surface area contributed by atoms with Gasteiger partial charge in [0.15, 0.2) is 11.6 Å². The Balaban J connectivity index is 2.19. The van der Waals surface area contributed by atoms with Gasteiger partial charge in [0, 0.05) is 12.2 Å². The number of nitrogen functional groups attached to an aromatic ring is 1. The van der Waals surface area contributed by atoms with Gasteiger partial charge in [0.25, 0.3) is 0 Å². The van der Waals surface area contributed by atoms with E-state index in [1.165, 1.54) is 6.07 Å². The summed E-state index contributed by atoms with van der Waals surface area (Å²) in [6.07, 6.45) is 2.01. The molecule has 1 aromatic carbocycles. The van der Waals surface area contributed by atoms with Crippen LogP contribution in [0.25, 0.3) is 0 Å². The molecule has 0 saturated carbocycles. The number of nitrogens with zero attached hydrogens (tertiary/aromatic N) is 1. The molecule has 1 aromatic heterocycles. The molecule has 5 heteroatoms. The van der Waals surface area contributed by atoms with Gasteiger partial charge in [-0.15, -0.1) is 0 Å². The van der Waals surface area contributed by atoms with Crippen molar-refractivity contribution in [2.75, 3.05) is 5.73 Å². The molecule has 0 spiro atoms. The molecule has 1 heterocycles. The lowest BCUT2D eigenvalue weighted by atomic mass is 10.00. The Hall–Kier alpha value is -2.01. The van der Waals surface area contributed by atoms with E-state index in [0.717, 1.165) is 17.7 Å². The van der Waals surface area contributed by atoms with Crippen molar-refractivity contribution in [2.45, 2.75) is 12.5 Å². The fraction of sp³-hybridized carbons (Fsp3) is 0.154. The number of hydrogen-bond donors (Lipinski definition) is 2. The van der Waals surface area contributed by atoms with Gasteiger partial charge in [0.2, 0.25) is 0 Å². The number of rotatable bonds is 3. The van der Waals surface area contributed by atoms with Crippen molar-refractivity contribution >= 4 is 5.82 Å². The van der Waals surface area contributed by atoms with E-state index in [2.05, 4.69) is 4.98 Å². The van der Waals surface area contributed by atoms with Crippen LogP contribution in [0.1, 0.15) is 17.2 Å². The van der Waals surface area contributed by atoms with Crippen molar-refractivity contribution in [3.63, 3.8) is 0 Å². The minimum absolute atomic E-state index is 0.399. The van der Waals surface area contributed by atoms with E-state index < -0.39 is 17.7 Å². The summed E-state index contributed by atoms with van der Waals surface area (Å²) >= 11 is 0. The minimum atomic E-state index is -0.901. The third-order valence-electron chi connectivity index (χ3n) is 2.74. The third kappa shape index (κ3) is 2.62. The van der Waals surface area contributed by atoms with Crippen LogP contribution in [-0.4, -0.2) is 4.98 Å². The second-order valence-corrected chi connectivity index (χ2v) is 4.03. The van der Waals surface area contributed by atoms with Gasteiger partial charge < -0.3 is 11.5 Å². The first kappa shape index (κ1) is 12.4. The zero-order valence-electron chi connectivity index (χ0n) is 9.61. The molecule has 2 aromatic rings. The van der Waals surface area contributed by atoms with E-state index in [1.807, 2.05) is 6.07 Å². The smallest absolute Gasteiger partial charge is 0.159 e. The number of hydrogen-bond acceptors (Lipinski definition) is 3.